The quantitative estimate of drug-likeness (QED) is 0.783. The molecule has 0 bridgehead atoms. The third-order valence-electron chi connectivity index (χ3n) is 2.11. The first-order valence-corrected chi connectivity index (χ1v) is 4.50. The fraction of sp³-hybridized carbons (Fsp3) is 0.200. The molecule has 15 heavy (non-hydrogen) atoms. The minimum absolute atomic E-state index is 0.136. The molecule has 2 aromatic rings. The highest BCUT2D eigenvalue weighted by Gasteiger charge is 2.09. The Morgan fingerprint density at radius 2 is 2.27 bits per heavy atom. The van der Waals surface area contributed by atoms with Gasteiger partial charge < -0.3 is 9.84 Å². The summed E-state index contributed by atoms with van der Waals surface area (Å²) in [7, 11) is 1.61. The zero-order chi connectivity index (χ0) is 10.7. The van der Waals surface area contributed by atoms with E-state index in [1.165, 1.54) is 0 Å². The molecule has 2 rings (SSSR count). The summed E-state index contributed by atoms with van der Waals surface area (Å²) in [4.78, 5) is 0. The molecule has 2 N–H and O–H groups in total. The van der Waals surface area contributed by atoms with Crippen molar-refractivity contribution < 1.29 is 9.84 Å². The topological polar surface area (TPSA) is 71.0 Å². The Kier molecular flexibility index (Phi) is 2.64. The number of aromatic nitrogens is 3. The molecule has 1 heterocycles. The molecule has 1 aromatic carbocycles. The largest absolute Gasteiger partial charge is 0.497 e. The third kappa shape index (κ3) is 1.82. The number of benzene rings is 1. The fourth-order valence-electron chi connectivity index (χ4n) is 1.36. The summed E-state index contributed by atoms with van der Waals surface area (Å²) in [5, 5.41) is 19.3. The van der Waals surface area contributed by atoms with Gasteiger partial charge >= 0.3 is 0 Å². The maximum absolute atomic E-state index is 9.04. The van der Waals surface area contributed by atoms with Crippen molar-refractivity contribution in [2.45, 2.75) is 6.61 Å². The molecule has 78 valence electrons. The van der Waals surface area contributed by atoms with Crippen LogP contribution in [0.25, 0.3) is 11.3 Å². The second-order valence-corrected chi connectivity index (χ2v) is 3.01. The molecular weight excluding hydrogens is 194 g/mol. The Labute approximate surface area is 86.7 Å². The predicted octanol–water partition coefficient (Wildman–Crippen LogP) is 0.973. The minimum Gasteiger partial charge on any atom is -0.497 e. The number of aliphatic hydroxyl groups is 1. The van der Waals surface area contributed by atoms with Gasteiger partial charge in [0, 0.05) is 5.56 Å². The summed E-state index contributed by atoms with van der Waals surface area (Å²) in [6.45, 7) is -0.136. The van der Waals surface area contributed by atoms with Crippen LogP contribution in [0.1, 0.15) is 5.69 Å². The van der Waals surface area contributed by atoms with Gasteiger partial charge in [0.2, 0.25) is 0 Å². The van der Waals surface area contributed by atoms with Gasteiger partial charge in [-0.3, -0.25) is 0 Å². The number of aliphatic hydroxyl groups excluding tert-OH is 1. The van der Waals surface area contributed by atoms with E-state index in [2.05, 4.69) is 15.4 Å². The molecule has 0 aliphatic rings. The van der Waals surface area contributed by atoms with Crippen molar-refractivity contribution in [2.24, 2.45) is 0 Å². The van der Waals surface area contributed by atoms with Crippen LogP contribution in [0, 0.1) is 0 Å². The molecule has 0 aliphatic heterocycles. The van der Waals surface area contributed by atoms with Gasteiger partial charge in [-0.15, -0.1) is 0 Å². The van der Waals surface area contributed by atoms with E-state index in [1.807, 2.05) is 24.3 Å². The smallest absolute Gasteiger partial charge is 0.119 e. The van der Waals surface area contributed by atoms with Crippen LogP contribution in [0.2, 0.25) is 0 Å². The van der Waals surface area contributed by atoms with Gasteiger partial charge in [0.05, 0.1) is 13.7 Å². The van der Waals surface area contributed by atoms with Gasteiger partial charge in [0.1, 0.15) is 17.1 Å². The number of rotatable bonds is 3. The molecular formula is C10H11N3O2. The van der Waals surface area contributed by atoms with E-state index in [9.17, 15) is 0 Å². The Balaban J connectivity index is 2.44. The van der Waals surface area contributed by atoms with E-state index >= 15 is 0 Å². The summed E-state index contributed by atoms with van der Waals surface area (Å²) in [5.74, 6) is 0.749. The van der Waals surface area contributed by atoms with E-state index in [-0.39, 0.29) is 6.61 Å². The standard InChI is InChI=1S/C10H11N3O2/c1-15-8-4-2-3-7(5-8)10-9(6-14)11-13-12-10/h2-5,14H,6H2,1H3,(H,11,12,13). The molecule has 0 fully saturated rings. The van der Waals surface area contributed by atoms with Crippen LogP contribution >= 0.6 is 0 Å². The second-order valence-electron chi connectivity index (χ2n) is 3.01. The normalized spacial score (nSPS) is 10.3. The number of ether oxygens (including phenoxy) is 1. The van der Waals surface area contributed by atoms with Gasteiger partial charge in [-0.25, -0.2) is 0 Å². The lowest BCUT2D eigenvalue weighted by Gasteiger charge is -2.02. The number of aromatic amines is 1. The lowest BCUT2D eigenvalue weighted by Crippen LogP contribution is -1.89. The van der Waals surface area contributed by atoms with E-state index in [1.54, 1.807) is 7.11 Å². The molecule has 0 radical (unpaired) electrons. The van der Waals surface area contributed by atoms with E-state index in [0.717, 1.165) is 11.3 Å². The summed E-state index contributed by atoms with van der Waals surface area (Å²) in [6, 6.07) is 7.45. The van der Waals surface area contributed by atoms with Gasteiger partial charge in [0.25, 0.3) is 0 Å². The average molecular weight is 205 g/mol. The first kappa shape index (κ1) is 9.67. The van der Waals surface area contributed by atoms with Crippen molar-refractivity contribution in [1.82, 2.24) is 15.4 Å². The van der Waals surface area contributed by atoms with Crippen molar-refractivity contribution in [3.8, 4) is 17.0 Å². The van der Waals surface area contributed by atoms with Crippen LogP contribution < -0.4 is 4.74 Å². The molecule has 0 spiro atoms. The molecule has 0 amide bonds. The predicted molar refractivity (Wildman–Crippen MR) is 54.3 cm³/mol. The molecule has 0 atom stereocenters. The Hall–Kier alpha value is -1.88. The van der Waals surface area contributed by atoms with Crippen LogP contribution in [-0.2, 0) is 6.61 Å². The van der Waals surface area contributed by atoms with Gasteiger partial charge in [-0.05, 0) is 12.1 Å². The maximum Gasteiger partial charge on any atom is 0.119 e. The van der Waals surface area contributed by atoms with Crippen LogP contribution in [-0.4, -0.2) is 27.6 Å². The fourth-order valence-corrected chi connectivity index (χ4v) is 1.36. The van der Waals surface area contributed by atoms with Crippen molar-refractivity contribution in [2.75, 3.05) is 7.11 Å². The lowest BCUT2D eigenvalue weighted by molar-refractivity contribution is 0.277. The van der Waals surface area contributed by atoms with Crippen molar-refractivity contribution in [3.05, 3.63) is 30.0 Å². The summed E-state index contributed by atoms with van der Waals surface area (Å²) < 4.78 is 5.11. The number of nitrogens with zero attached hydrogens (tertiary/aromatic N) is 2. The van der Waals surface area contributed by atoms with Crippen molar-refractivity contribution >= 4 is 0 Å². The number of hydrogen-bond donors (Lipinski definition) is 2. The number of H-pyrrole nitrogens is 1. The Morgan fingerprint density at radius 1 is 1.40 bits per heavy atom. The summed E-state index contributed by atoms with van der Waals surface area (Å²) in [6.07, 6.45) is 0. The highest BCUT2D eigenvalue weighted by molar-refractivity contribution is 5.62. The van der Waals surface area contributed by atoms with Gasteiger partial charge in [0.15, 0.2) is 0 Å². The van der Waals surface area contributed by atoms with E-state index in [4.69, 9.17) is 9.84 Å². The monoisotopic (exact) mass is 205 g/mol. The average Bonchev–Trinajstić information content (AvgIpc) is 2.77. The number of methoxy groups -OCH3 is 1. The van der Waals surface area contributed by atoms with Crippen LogP contribution in [0.3, 0.4) is 0 Å². The molecule has 0 saturated carbocycles. The number of hydrogen-bond acceptors (Lipinski definition) is 4. The van der Waals surface area contributed by atoms with Crippen LogP contribution in [0.5, 0.6) is 5.75 Å². The molecule has 0 saturated heterocycles. The molecule has 0 aliphatic carbocycles. The SMILES string of the molecule is COc1cccc(-c2n[nH]nc2CO)c1. The second kappa shape index (κ2) is 4.10. The van der Waals surface area contributed by atoms with Gasteiger partial charge in [-0.1, -0.05) is 12.1 Å². The zero-order valence-electron chi connectivity index (χ0n) is 8.27. The highest BCUT2D eigenvalue weighted by Crippen LogP contribution is 2.23. The third-order valence-corrected chi connectivity index (χ3v) is 2.11. The zero-order valence-corrected chi connectivity index (χ0v) is 8.27. The van der Waals surface area contributed by atoms with Gasteiger partial charge in [-0.2, -0.15) is 15.4 Å². The van der Waals surface area contributed by atoms with Crippen LogP contribution in [0.4, 0.5) is 0 Å². The Bertz CT molecular complexity index is 453. The summed E-state index contributed by atoms with van der Waals surface area (Å²) >= 11 is 0. The van der Waals surface area contributed by atoms with Crippen LogP contribution in [0.15, 0.2) is 24.3 Å². The maximum atomic E-state index is 9.04. The lowest BCUT2D eigenvalue weighted by atomic mass is 10.1. The molecule has 5 heteroatoms. The summed E-state index contributed by atoms with van der Waals surface area (Å²) in [5.41, 5.74) is 2.05. The number of nitrogens with one attached hydrogen (secondary N) is 1. The van der Waals surface area contributed by atoms with Crippen molar-refractivity contribution in [1.29, 1.82) is 0 Å². The first-order valence-electron chi connectivity index (χ1n) is 4.50. The molecule has 1 aromatic heterocycles. The first-order chi connectivity index (χ1) is 7.35. The minimum atomic E-state index is -0.136. The van der Waals surface area contributed by atoms with Crippen molar-refractivity contribution in [3.63, 3.8) is 0 Å². The van der Waals surface area contributed by atoms with E-state index < -0.39 is 0 Å². The highest BCUT2D eigenvalue weighted by atomic mass is 16.5. The van der Waals surface area contributed by atoms with E-state index in [0.29, 0.717) is 11.4 Å². The Morgan fingerprint density at radius 3 is 3.00 bits per heavy atom. The molecule has 5 nitrogen and oxygen atoms in total. The molecule has 0 unspecified atom stereocenters.